The first-order chi connectivity index (χ1) is 13.2. The molecular formula is C20H25N5O2. The third-order valence-electron chi connectivity index (χ3n) is 5.52. The average molecular weight is 367 g/mol. The van der Waals surface area contributed by atoms with E-state index in [-0.39, 0.29) is 17.9 Å². The lowest BCUT2D eigenvalue weighted by atomic mass is 9.95. The molecule has 0 bridgehead atoms. The van der Waals surface area contributed by atoms with E-state index in [2.05, 4.69) is 34.6 Å². The fourth-order valence-corrected chi connectivity index (χ4v) is 4.09. The van der Waals surface area contributed by atoms with Crippen LogP contribution in [0.4, 0.5) is 0 Å². The van der Waals surface area contributed by atoms with Gasteiger partial charge in [-0.2, -0.15) is 4.98 Å². The van der Waals surface area contributed by atoms with Crippen LogP contribution in [0.15, 0.2) is 35.2 Å². The van der Waals surface area contributed by atoms with E-state index in [9.17, 15) is 4.79 Å². The van der Waals surface area contributed by atoms with Crippen LogP contribution >= 0.6 is 0 Å². The summed E-state index contributed by atoms with van der Waals surface area (Å²) in [5.41, 5.74) is 1.99. The zero-order valence-corrected chi connectivity index (χ0v) is 15.8. The number of aryl methyl sites for hydroxylation is 1. The summed E-state index contributed by atoms with van der Waals surface area (Å²) in [4.78, 5) is 24.2. The van der Waals surface area contributed by atoms with Crippen molar-refractivity contribution in [3.8, 4) is 0 Å². The van der Waals surface area contributed by atoms with E-state index >= 15 is 0 Å². The van der Waals surface area contributed by atoms with Gasteiger partial charge in [0.25, 0.3) is 0 Å². The number of likely N-dealkylation sites (tertiary alicyclic amines) is 1. The van der Waals surface area contributed by atoms with Gasteiger partial charge >= 0.3 is 0 Å². The number of para-hydroxylation sites is 2. The standard InChI is InChI=1S/C20H25N5O2/c1-3-16(25-17-8-6-5-7-15(17)22-18(25)4-2)20(26)24-11-9-14(10-12-24)19-21-13-27-23-19/h5-8,13-14,16H,3-4,9-12H2,1-2H3/t16-/m0/s1. The maximum Gasteiger partial charge on any atom is 0.245 e. The Labute approximate surface area is 158 Å². The van der Waals surface area contributed by atoms with Crippen molar-refractivity contribution in [3.05, 3.63) is 42.3 Å². The largest absolute Gasteiger partial charge is 0.343 e. The summed E-state index contributed by atoms with van der Waals surface area (Å²) < 4.78 is 7.00. The number of hydrogen-bond donors (Lipinski definition) is 0. The molecule has 1 amide bonds. The first-order valence-corrected chi connectivity index (χ1v) is 9.73. The number of carbonyl (C=O) groups is 1. The molecule has 0 saturated carbocycles. The molecule has 3 aromatic rings. The van der Waals surface area contributed by atoms with Crippen molar-refractivity contribution in [1.82, 2.24) is 24.6 Å². The highest BCUT2D eigenvalue weighted by atomic mass is 16.5. The number of hydrogen-bond acceptors (Lipinski definition) is 5. The Morgan fingerprint density at radius 2 is 2.04 bits per heavy atom. The van der Waals surface area contributed by atoms with Crippen LogP contribution < -0.4 is 0 Å². The molecule has 0 unspecified atom stereocenters. The number of amides is 1. The van der Waals surface area contributed by atoms with Gasteiger partial charge in [0.1, 0.15) is 11.9 Å². The number of rotatable bonds is 5. The number of carbonyl (C=O) groups excluding carboxylic acids is 1. The smallest absolute Gasteiger partial charge is 0.245 e. The molecule has 0 spiro atoms. The quantitative estimate of drug-likeness (QED) is 0.691. The van der Waals surface area contributed by atoms with Crippen molar-refractivity contribution in [2.45, 2.75) is 51.5 Å². The zero-order chi connectivity index (χ0) is 18.8. The molecular weight excluding hydrogens is 342 g/mol. The summed E-state index contributed by atoms with van der Waals surface area (Å²) >= 11 is 0. The van der Waals surface area contributed by atoms with Gasteiger partial charge in [-0.15, -0.1) is 0 Å². The third-order valence-corrected chi connectivity index (χ3v) is 5.52. The maximum atomic E-state index is 13.4. The molecule has 4 rings (SSSR count). The lowest BCUT2D eigenvalue weighted by Crippen LogP contribution is -2.42. The molecule has 142 valence electrons. The van der Waals surface area contributed by atoms with Crippen molar-refractivity contribution in [1.29, 1.82) is 0 Å². The number of imidazole rings is 1. The molecule has 0 aliphatic carbocycles. The Kier molecular flexibility index (Phi) is 4.92. The number of fused-ring (bicyclic) bond motifs is 1. The number of piperidine rings is 1. The Balaban J connectivity index is 1.56. The van der Waals surface area contributed by atoms with Gasteiger partial charge in [-0.25, -0.2) is 4.98 Å². The van der Waals surface area contributed by atoms with Gasteiger partial charge in [0.2, 0.25) is 12.3 Å². The molecule has 27 heavy (non-hydrogen) atoms. The Morgan fingerprint density at radius 1 is 1.26 bits per heavy atom. The molecule has 7 heteroatoms. The zero-order valence-electron chi connectivity index (χ0n) is 15.8. The van der Waals surface area contributed by atoms with Gasteiger partial charge < -0.3 is 14.0 Å². The summed E-state index contributed by atoms with van der Waals surface area (Å²) in [6, 6.07) is 7.85. The minimum atomic E-state index is -0.214. The second-order valence-electron chi connectivity index (χ2n) is 7.05. The molecule has 1 atom stereocenters. The second-order valence-corrected chi connectivity index (χ2v) is 7.05. The molecule has 0 N–H and O–H groups in total. The van der Waals surface area contributed by atoms with Crippen LogP contribution in [0.25, 0.3) is 11.0 Å². The van der Waals surface area contributed by atoms with E-state index in [1.54, 1.807) is 0 Å². The first kappa shape index (κ1) is 17.7. The van der Waals surface area contributed by atoms with Gasteiger partial charge in [0.15, 0.2) is 5.82 Å². The minimum absolute atomic E-state index is 0.182. The second kappa shape index (κ2) is 7.50. The molecule has 3 heterocycles. The van der Waals surface area contributed by atoms with E-state index in [0.717, 1.165) is 61.5 Å². The van der Waals surface area contributed by atoms with Gasteiger partial charge in [-0.3, -0.25) is 4.79 Å². The van der Waals surface area contributed by atoms with Crippen LogP contribution in [-0.4, -0.2) is 43.6 Å². The van der Waals surface area contributed by atoms with Crippen molar-refractivity contribution >= 4 is 16.9 Å². The summed E-state index contributed by atoms with van der Waals surface area (Å²) in [5, 5.41) is 3.96. The Morgan fingerprint density at radius 3 is 2.70 bits per heavy atom. The minimum Gasteiger partial charge on any atom is -0.343 e. The lowest BCUT2D eigenvalue weighted by molar-refractivity contribution is -0.136. The predicted molar refractivity (Wildman–Crippen MR) is 101 cm³/mol. The average Bonchev–Trinajstić information content (AvgIpc) is 3.37. The van der Waals surface area contributed by atoms with Crippen molar-refractivity contribution < 1.29 is 9.32 Å². The van der Waals surface area contributed by atoms with Crippen LogP contribution in [0.3, 0.4) is 0 Å². The first-order valence-electron chi connectivity index (χ1n) is 9.73. The highest BCUT2D eigenvalue weighted by Gasteiger charge is 2.31. The lowest BCUT2D eigenvalue weighted by Gasteiger charge is -2.34. The van der Waals surface area contributed by atoms with Crippen molar-refractivity contribution in [3.63, 3.8) is 0 Å². The highest BCUT2D eigenvalue weighted by Crippen LogP contribution is 2.29. The highest BCUT2D eigenvalue weighted by molar-refractivity contribution is 5.84. The van der Waals surface area contributed by atoms with E-state index in [0.29, 0.717) is 0 Å². The van der Waals surface area contributed by atoms with Gasteiger partial charge in [-0.1, -0.05) is 31.1 Å². The van der Waals surface area contributed by atoms with Crippen LogP contribution in [0.5, 0.6) is 0 Å². The predicted octanol–water partition coefficient (Wildman–Crippen LogP) is 3.34. The molecule has 0 radical (unpaired) electrons. The number of benzene rings is 1. The molecule has 1 saturated heterocycles. The molecule has 1 aromatic carbocycles. The van der Waals surface area contributed by atoms with E-state index in [4.69, 9.17) is 9.51 Å². The molecule has 1 aliphatic rings. The summed E-state index contributed by atoms with van der Waals surface area (Å²) in [7, 11) is 0. The van der Waals surface area contributed by atoms with E-state index in [1.165, 1.54) is 6.39 Å². The summed E-state index contributed by atoms with van der Waals surface area (Å²) in [6.45, 7) is 5.61. The van der Waals surface area contributed by atoms with E-state index in [1.807, 2.05) is 23.1 Å². The van der Waals surface area contributed by atoms with Crippen LogP contribution in [-0.2, 0) is 11.2 Å². The fraction of sp³-hybridized carbons (Fsp3) is 0.500. The topological polar surface area (TPSA) is 77.0 Å². The van der Waals surface area contributed by atoms with Gasteiger partial charge in [-0.05, 0) is 31.4 Å². The molecule has 1 aliphatic heterocycles. The summed E-state index contributed by atoms with van der Waals surface area (Å²) in [5.74, 6) is 2.18. The van der Waals surface area contributed by atoms with E-state index < -0.39 is 0 Å². The van der Waals surface area contributed by atoms with Gasteiger partial charge in [0.05, 0.1) is 11.0 Å². The number of nitrogens with zero attached hydrogens (tertiary/aromatic N) is 5. The molecule has 2 aromatic heterocycles. The van der Waals surface area contributed by atoms with Crippen molar-refractivity contribution in [2.75, 3.05) is 13.1 Å². The summed E-state index contributed by atoms with van der Waals surface area (Å²) in [6.07, 6.45) is 4.66. The normalized spacial score (nSPS) is 16.7. The number of aromatic nitrogens is 4. The monoisotopic (exact) mass is 367 g/mol. The Bertz CT molecular complexity index is 910. The van der Waals surface area contributed by atoms with Crippen molar-refractivity contribution in [2.24, 2.45) is 0 Å². The van der Waals surface area contributed by atoms with Gasteiger partial charge in [0, 0.05) is 25.4 Å². The molecule has 1 fully saturated rings. The Hall–Kier alpha value is -2.70. The SMILES string of the molecule is CCc1nc2ccccc2n1[C@@H](CC)C(=O)N1CCC(c2ncon2)CC1. The fourth-order valence-electron chi connectivity index (χ4n) is 4.09. The third kappa shape index (κ3) is 3.22. The van der Waals surface area contributed by atoms with Crippen LogP contribution in [0.2, 0.25) is 0 Å². The van der Waals surface area contributed by atoms with Crippen LogP contribution in [0.1, 0.15) is 56.7 Å². The van der Waals surface area contributed by atoms with Crippen LogP contribution in [0, 0.1) is 0 Å². The molecule has 7 nitrogen and oxygen atoms in total. The maximum absolute atomic E-state index is 13.4.